The van der Waals surface area contributed by atoms with Crippen molar-refractivity contribution in [2.45, 2.75) is 18.9 Å². The molecule has 0 spiro atoms. The third-order valence-electron chi connectivity index (χ3n) is 8.07. The molecule has 4 aromatic carbocycles. The Labute approximate surface area is 299 Å². The summed E-state index contributed by atoms with van der Waals surface area (Å²) in [7, 11) is -0.957. The highest BCUT2D eigenvalue weighted by atomic mass is 35.5. The quantitative estimate of drug-likeness (QED) is 0.137. The summed E-state index contributed by atoms with van der Waals surface area (Å²) in [4.78, 5) is 31.1. The van der Waals surface area contributed by atoms with E-state index >= 15 is 0 Å². The van der Waals surface area contributed by atoms with Gasteiger partial charge in [0.25, 0.3) is 5.56 Å². The minimum absolute atomic E-state index is 0.00137. The molecule has 51 heavy (non-hydrogen) atoms. The summed E-state index contributed by atoms with van der Waals surface area (Å²) in [6, 6.07) is 15.8. The minimum Gasteiger partial charge on any atom is -0.497 e. The first-order chi connectivity index (χ1) is 24.2. The Kier molecular flexibility index (Phi) is 9.88. The average Bonchev–Trinajstić information content (AvgIpc) is 3.39. The second-order valence-electron chi connectivity index (χ2n) is 11.5. The summed E-state index contributed by atoms with van der Waals surface area (Å²) in [6.07, 6.45) is -1.64. The number of carbonyl (C=O) groups is 1. The van der Waals surface area contributed by atoms with Crippen molar-refractivity contribution in [1.29, 1.82) is 0 Å². The summed E-state index contributed by atoms with van der Waals surface area (Å²) in [6.45, 7) is 0. The molecule has 0 bridgehead atoms. The van der Waals surface area contributed by atoms with E-state index in [1.165, 1.54) is 43.1 Å². The zero-order valence-electron chi connectivity index (χ0n) is 26.8. The number of ether oxygens (including phenoxy) is 1. The van der Waals surface area contributed by atoms with Gasteiger partial charge in [-0.1, -0.05) is 41.4 Å². The van der Waals surface area contributed by atoms with Crippen molar-refractivity contribution in [2.24, 2.45) is 7.05 Å². The zero-order chi connectivity index (χ0) is 36.6. The van der Waals surface area contributed by atoms with Gasteiger partial charge in [-0.15, -0.1) is 0 Å². The summed E-state index contributed by atoms with van der Waals surface area (Å²) in [5, 5.41) is 16.8. The maximum atomic E-state index is 14.4. The zero-order valence-corrected chi connectivity index (χ0v) is 29.2. The second kappa shape index (κ2) is 14.2. The summed E-state index contributed by atoms with van der Waals surface area (Å²) < 4.78 is 65.1. The predicted molar refractivity (Wildman–Crippen MR) is 190 cm³/mol. The van der Waals surface area contributed by atoms with E-state index in [1.54, 1.807) is 30.3 Å². The van der Waals surface area contributed by atoms with Gasteiger partial charge < -0.3 is 15.2 Å². The third-order valence-corrected chi connectivity index (χ3v) is 9.95. The van der Waals surface area contributed by atoms with Crippen molar-refractivity contribution in [2.75, 3.05) is 17.6 Å². The van der Waals surface area contributed by atoms with Crippen LogP contribution < -0.4 is 20.3 Å². The number of nitrogens with zero attached hydrogens (tertiary/aromatic N) is 4. The standard InChI is InChI=1S/C34H28Cl2F2N6O6S/c1-43-30-27(11-10-24(36)29(30)31(41-43)42-51(48,49)13-12-18-6-8-22(50-2)9-7-18)44-32(39-25-5-3-4-23(35)28(25)33(44)45)26(40-34(46)47)16-19-14-20(37)17-21(38)15-19/h3-11,14-15,17,26,40H,12-13,16H2,1-2H3,(H,41,42)(H,46,47)/t26-/m0/s1. The van der Waals surface area contributed by atoms with E-state index in [0.29, 0.717) is 11.8 Å². The molecule has 0 aliphatic carbocycles. The molecule has 0 saturated carbocycles. The molecule has 2 heterocycles. The van der Waals surface area contributed by atoms with Gasteiger partial charge in [-0.3, -0.25) is 18.8 Å². The highest BCUT2D eigenvalue weighted by Crippen LogP contribution is 2.36. The maximum absolute atomic E-state index is 14.4. The number of hydrogen-bond acceptors (Lipinski definition) is 7. The van der Waals surface area contributed by atoms with Gasteiger partial charge in [0.15, 0.2) is 5.82 Å². The Hall–Kier alpha value is -5.25. The van der Waals surface area contributed by atoms with Gasteiger partial charge >= 0.3 is 6.09 Å². The molecule has 264 valence electrons. The molecule has 6 aromatic rings. The molecule has 2 aromatic heterocycles. The lowest BCUT2D eigenvalue weighted by Crippen LogP contribution is -2.35. The molecular formula is C34H28Cl2F2N6O6S. The van der Waals surface area contributed by atoms with Crippen LogP contribution in [0, 0.1) is 11.6 Å². The topological polar surface area (TPSA) is 157 Å². The number of carboxylic acid groups (broad SMARTS) is 1. The van der Waals surface area contributed by atoms with Gasteiger partial charge in [-0.05, 0) is 66.1 Å². The van der Waals surface area contributed by atoms with E-state index in [-0.39, 0.29) is 73.3 Å². The molecule has 6 rings (SSSR count). The van der Waals surface area contributed by atoms with Crippen LogP contribution in [-0.2, 0) is 29.9 Å². The largest absolute Gasteiger partial charge is 0.497 e. The third kappa shape index (κ3) is 7.45. The fourth-order valence-corrected chi connectivity index (χ4v) is 7.38. The number of amides is 1. The van der Waals surface area contributed by atoms with E-state index in [2.05, 4.69) is 20.1 Å². The smallest absolute Gasteiger partial charge is 0.405 e. The Bertz CT molecular complexity index is 2470. The number of rotatable bonds is 11. The lowest BCUT2D eigenvalue weighted by molar-refractivity contribution is 0.189. The van der Waals surface area contributed by atoms with Crippen LogP contribution in [0.1, 0.15) is 23.0 Å². The predicted octanol–water partition coefficient (Wildman–Crippen LogP) is 6.40. The molecular weight excluding hydrogens is 729 g/mol. The van der Waals surface area contributed by atoms with Crippen LogP contribution >= 0.6 is 23.2 Å². The fourth-order valence-electron chi connectivity index (χ4n) is 5.85. The monoisotopic (exact) mass is 756 g/mol. The van der Waals surface area contributed by atoms with Crippen LogP contribution in [0.25, 0.3) is 27.5 Å². The maximum Gasteiger partial charge on any atom is 0.405 e. The number of methoxy groups -OCH3 is 1. The number of nitrogens with one attached hydrogen (secondary N) is 2. The molecule has 0 unspecified atom stereocenters. The first kappa shape index (κ1) is 35.6. The highest BCUT2D eigenvalue weighted by Gasteiger charge is 2.28. The normalized spacial score (nSPS) is 12.3. The van der Waals surface area contributed by atoms with E-state index in [4.69, 9.17) is 27.9 Å². The average molecular weight is 758 g/mol. The van der Waals surface area contributed by atoms with Gasteiger partial charge in [-0.2, -0.15) is 5.10 Å². The number of halogens is 4. The first-order valence-electron chi connectivity index (χ1n) is 15.2. The number of aryl methyl sites for hydroxylation is 2. The van der Waals surface area contributed by atoms with Crippen LogP contribution in [-0.4, -0.2) is 51.8 Å². The Morgan fingerprint density at radius 2 is 1.67 bits per heavy atom. The van der Waals surface area contributed by atoms with Crippen molar-refractivity contribution in [3.63, 3.8) is 0 Å². The summed E-state index contributed by atoms with van der Waals surface area (Å²) in [5.41, 5.74) is 0.512. The number of benzene rings is 4. The van der Waals surface area contributed by atoms with Gasteiger partial charge in [0.1, 0.15) is 23.2 Å². The molecule has 0 aliphatic heterocycles. The molecule has 0 radical (unpaired) electrons. The van der Waals surface area contributed by atoms with Crippen molar-refractivity contribution >= 4 is 66.9 Å². The van der Waals surface area contributed by atoms with E-state index in [0.717, 1.165) is 22.3 Å². The van der Waals surface area contributed by atoms with Crippen LogP contribution in [0.4, 0.5) is 19.4 Å². The van der Waals surface area contributed by atoms with E-state index in [1.807, 2.05) is 0 Å². The minimum atomic E-state index is -3.99. The van der Waals surface area contributed by atoms with Crippen LogP contribution in [0.3, 0.4) is 0 Å². The van der Waals surface area contributed by atoms with Gasteiger partial charge in [-0.25, -0.2) is 27.0 Å². The van der Waals surface area contributed by atoms with Gasteiger partial charge in [0, 0.05) is 19.5 Å². The Balaban J connectivity index is 1.51. The number of sulfonamides is 1. The first-order valence-corrected chi connectivity index (χ1v) is 17.6. The van der Waals surface area contributed by atoms with Crippen LogP contribution in [0.15, 0.2) is 77.6 Å². The van der Waals surface area contributed by atoms with Crippen molar-refractivity contribution in [3.05, 3.63) is 122 Å². The van der Waals surface area contributed by atoms with Crippen molar-refractivity contribution in [3.8, 4) is 11.4 Å². The number of anilines is 1. The van der Waals surface area contributed by atoms with Gasteiger partial charge in [0.05, 0.1) is 56.4 Å². The van der Waals surface area contributed by atoms with E-state index < -0.39 is 39.4 Å². The number of fused-ring (bicyclic) bond motifs is 2. The lowest BCUT2D eigenvalue weighted by Gasteiger charge is -2.23. The molecule has 0 aliphatic rings. The van der Waals surface area contributed by atoms with Crippen LogP contribution in [0.2, 0.25) is 10.0 Å². The number of aromatic nitrogens is 4. The van der Waals surface area contributed by atoms with Gasteiger partial charge in [0.2, 0.25) is 10.0 Å². The molecule has 1 amide bonds. The van der Waals surface area contributed by atoms with E-state index in [9.17, 15) is 31.9 Å². The highest BCUT2D eigenvalue weighted by molar-refractivity contribution is 7.92. The summed E-state index contributed by atoms with van der Waals surface area (Å²) in [5.74, 6) is -1.72. The lowest BCUT2D eigenvalue weighted by atomic mass is 10.0. The van der Waals surface area contributed by atoms with Crippen molar-refractivity contribution in [1.82, 2.24) is 24.6 Å². The molecule has 1 atom stereocenters. The molecule has 12 nitrogen and oxygen atoms in total. The Morgan fingerprint density at radius 1 is 0.980 bits per heavy atom. The molecule has 0 fully saturated rings. The second-order valence-corrected chi connectivity index (χ2v) is 14.2. The number of hydrogen-bond donors (Lipinski definition) is 3. The molecule has 0 saturated heterocycles. The van der Waals surface area contributed by atoms with Crippen molar-refractivity contribution < 1.29 is 31.8 Å². The van der Waals surface area contributed by atoms with Crippen LogP contribution in [0.5, 0.6) is 5.75 Å². The SMILES string of the molecule is COc1ccc(CCS(=O)(=O)Nc2nn(C)c3c(-n4c([C@H](Cc5cc(F)cc(F)c5)NC(=O)O)nc5cccc(Cl)c5c4=O)ccc(Cl)c23)cc1. The fraction of sp³-hybridized carbons (Fsp3) is 0.176. The molecule has 3 N–H and O–H groups in total. The molecule has 17 heteroatoms. The summed E-state index contributed by atoms with van der Waals surface area (Å²) >= 11 is 13.1. The Morgan fingerprint density at radius 3 is 2.33 bits per heavy atom.